The molecule has 1 aliphatic rings. The minimum atomic E-state index is -0.223. The van der Waals surface area contributed by atoms with E-state index in [1.54, 1.807) is 12.1 Å². The number of amidine groups is 1. The van der Waals surface area contributed by atoms with Crippen LogP contribution in [0.15, 0.2) is 24.3 Å². The van der Waals surface area contributed by atoms with E-state index in [0.29, 0.717) is 11.8 Å². The van der Waals surface area contributed by atoms with Gasteiger partial charge in [0.25, 0.3) is 0 Å². The van der Waals surface area contributed by atoms with Crippen molar-refractivity contribution < 1.29 is 4.39 Å². The van der Waals surface area contributed by atoms with E-state index in [0.717, 1.165) is 25.1 Å². The summed E-state index contributed by atoms with van der Waals surface area (Å²) in [6.07, 6.45) is 6.00. The van der Waals surface area contributed by atoms with Crippen LogP contribution in [0.2, 0.25) is 0 Å². The highest BCUT2D eigenvalue weighted by atomic mass is 19.1. The van der Waals surface area contributed by atoms with Crippen LogP contribution in [0.4, 0.5) is 10.1 Å². The third-order valence-electron chi connectivity index (χ3n) is 3.74. The summed E-state index contributed by atoms with van der Waals surface area (Å²) < 4.78 is 12.9. The minimum Gasteiger partial charge on any atom is -0.330 e. The Morgan fingerprint density at radius 3 is 2.39 bits per heavy atom. The lowest BCUT2D eigenvalue weighted by atomic mass is 9.88. The van der Waals surface area contributed by atoms with Crippen molar-refractivity contribution in [1.82, 2.24) is 0 Å². The zero-order chi connectivity index (χ0) is 13.0. The van der Waals surface area contributed by atoms with Crippen molar-refractivity contribution in [2.75, 3.05) is 11.4 Å². The van der Waals surface area contributed by atoms with Gasteiger partial charge in [0.1, 0.15) is 11.7 Å². The Labute approximate surface area is 108 Å². The molecule has 1 aromatic rings. The van der Waals surface area contributed by atoms with Crippen molar-refractivity contribution in [2.45, 2.75) is 39.0 Å². The van der Waals surface area contributed by atoms with E-state index in [4.69, 9.17) is 5.41 Å². The van der Waals surface area contributed by atoms with Gasteiger partial charge in [0, 0.05) is 18.2 Å². The molecule has 0 spiro atoms. The quantitative estimate of drug-likeness (QED) is 0.629. The van der Waals surface area contributed by atoms with Gasteiger partial charge in [-0.15, -0.1) is 0 Å². The summed E-state index contributed by atoms with van der Waals surface area (Å²) in [7, 11) is 0. The van der Waals surface area contributed by atoms with Crippen LogP contribution in [0.1, 0.15) is 39.0 Å². The van der Waals surface area contributed by atoms with E-state index in [1.165, 1.54) is 31.4 Å². The molecule has 0 atom stereocenters. The van der Waals surface area contributed by atoms with E-state index >= 15 is 0 Å². The number of rotatable bonds is 3. The predicted molar refractivity (Wildman–Crippen MR) is 73.7 cm³/mol. The molecule has 18 heavy (non-hydrogen) atoms. The molecule has 1 fully saturated rings. The van der Waals surface area contributed by atoms with Gasteiger partial charge >= 0.3 is 0 Å². The van der Waals surface area contributed by atoms with Crippen LogP contribution in [-0.2, 0) is 0 Å². The molecule has 1 saturated carbocycles. The van der Waals surface area contributed by atoms with Gasteiger partial charge in [-0.05, 0) is 44.0 Å². The second kappa shape index (κ2) is 5.98. The highest BCUT2D eigenvalue weighted by molar-refractivity contribution is 5.97. The molecular formula is C15H21FN2. The molecule has 1 aromatic carbocycles. The molecule has 0 aromatic heterocycles. The zero-order valence-electron chi connectivity index (χ0n) is 11.0. The monoisotopic (exact) mass is 248 g/mol. The summed E-state index contributed by atoms with van der Waals surface area (Å²) in [6.45, 7) is 2.81. The van der Waals surface area contributed by atoms with Crippen LogP contribution in [0.25, 0.3) is 0 Å². The minimum absolute atomic E-state index is 0.223. The summed E-state index contributed by atoms with van der Waals surface area (Å²) in [4.78, 5) is 2.00. The number of anilines is 1. The van der Waals surface area contributed by atoms with Gasteiger partial charge in [-0.25, -0.2) is 4.39 Å². The highest BCUT2D eigenvalue weighted by Gasteiger charge is 2.22. The number of nitrogens with zero attached hydrogens (tertiary/aromatic N) is 1. The summed E-state index contributed by atoms with van der Waals surface area (Å²) in [5.41, 5.74) is 0.925. The Bertz CT molecular complexity index is 393. The predicted octanol–water partition coefficient (Wildman–Crippen LogP) is 4.21. The average Bonchev–Trinajstić information content (AvgIpc) is 2.42. The van der Waals surface area contributed by atoms with Gasteiger partial charge in [-0.3, -0.25) is 5.41 Å². The van der Waals surface area contributed by atoms with E-state index < -0.39 is 0 Å². The van der Waals surface area contributed by atoms with Crippen LogP contribution < -0.4 is 4.90 Å². The first-order chi connectivity index (χ1) is 8.72. The summed E-state index contributed by atoms with van der Waals surface area (Å²) in [6, 6.07) is 6.45. The molecule has 0 saturated heterocycles. The fraction of sp³-hybridized carbons (Fsp3) is 0.533. The molecule has 0 amide bonds. The van der Waals surface area contributed by atoms with Crippen molar-refractivity contribution in [1.29, 1.82) is 5.41 Å². The highest BCUT2D eigenvalue weighted by Crippen LogP contribution is 2.27. The maximum atomic E-state index is 12.9. The number of halogens is 1. The lowest BCUT2D eigenvalue weighted by molar-refractivity contribution is 0.434. The molecule has 1 aliphatic carbocycles. The second-order valence-electron chi connectivity index (χ2n) is 4.94. The first-order valence-corrected chi connectivity index (χ1v) is 6.84. The van der Waals surface area contributed by atoms with Crippen LogP contribution in [-0.4, -0.2) is 12.4 Å². The van der Waals surface area contributed by atoms with E-state index in [-0.39, 0.29) is 5.82 Å². The molecule has 98 valence electrons. The standard InChI is InChI=1S/C15H21FN2/c1-2-18(14-10-8-13(16)9-11-14)15(17)12-6-4-3-5-7-12/h8-12,17H,2-7H2,1H3. The Morgan fingerprint density at radius 2 is 1.83 bits per heavy atom. The lowest BCUT2D eigenvalue weighted by Gasteiger charge is -2.31. The fourth-order valence-corrected chi connectivity index (χ4v) is 2.71. The van der Waals surface area contributed by atoms with E-state index in [1.807, 2.05) is 11.8 Å². The summed E-state index contributed by atoms with van der Waals surface area (Å²) in [5.74, 6) is 0.853. The maximum Gasteiger partial charge on any atom is 0.123 e. The molecule has 0 aliphatic heterocycles. The number of benzene rings is 1. The van der Waals surface area contributed by atoms with Gasteiger partial charge in [0.2, 0.25) is 0 Å². The molecule has 2 rings (SSSR count). The number of nitrogens with one attached hydrogen (secondary N) is 1. The Hall–Kier alpha value is -1.38. The average molecular weight is 248 g/mol. The lowest BCUT2D eigenvalue weighted by Crippen LogP contribution is -2.36. The smallest absolute Gasteiger partial charge is 0.123 e. The van der Waals surface area contributed by atoms with E-state index in [2.05, 4.69) is 0 Å². The van der Waals surface area contributed by atoms with Gasteiger partial charge < -0.3 is 4.90 Å². The second-order valence-corrected chi connectivity index (χ2v) is 4.94. The van der Waals surface area contributed by atoms with Gasteiger partial charge in [0.15, 0.2) is 0 Å². The number of hydrogen-bond donors (Lipinski definition) is 1. The maximum absolute atomic E-state index is 12.9. The van der Waals surface area contributed by atoms with Crippen molar-refractivity contribution >= 4 is 11.5 Å². The molecule has 0 radical (unpaired) electrons. The molecule has 1 N–H and O–H groups in total. The van der Waals surface area contributed by atoms with Crippen molar-refractivity contribution in [3.8, 4) is 0 Å². The Balaban J connectivity index is 2.12. The summed E-state index contributed by atoms with van der Waals surface area (Å²) >= 11 is 0. The van der Waals surface area contributed by atoms with Crippen molar-refractivity contribution in [2.24, 2.45) is 5.92 Å². The molecule has 0 unspecified atom stereocenters. The molecule has 2 nitrogen and oxygen atoms in total. The van der Waals surface area contributed by atoms with E-state index in [9.17, 15) is 4.39 Å². The molecular weight excluding hydrogens is 227 g/mol. The van der Waals surface area contributed by atoms with Crippen LogP contribution in [0.3, 0.4) is 0 Å². The first-order valence-electron chi connectivity index (χ1n) is 6.84. The van der Waals surface area contributed by atoms with Gasteiger partial charge in [-0.1, -0.05) is 19.3 Å². The number of hydrogen-bond acceptors (Lipinski definition) is 1. The van der Waals surface area contributed by atoms with Crippen LogP contribution >= 0.6 is 0 Å². The fourth-order valence-electron chi connectivity index (χ4n) is 2.71. The van der Waals surface area contributed by atoms with Gasteiger partial charge in [0.05, 0.1) is 0 Å². The Morgan fingerprint density at radius 1 is 1.22 bits per heavy atom. The first kappa shape index (κ1) is 13.1. The SMILES string of the molecule is CCN(C(=N)C1CCCCC1)c1ccc(F)cc1. The molecule has 0 bridgehead atoms. The third-order valence-corrected chi connectivity index (χ3v) is 3.74. The van der Waals surface area contributed by atoms with Crippen LogP contribution in [0.5, 0.6) is 0 Å². The van der Waals surface area contributed by atoms with Crippen molar-refractivity contribution in [3.05, 3.63) is 30.1 Å². The Kier molecular flexibility index (Phi) is 4.34. The van der Waals surface area contributed by atoms with Crippen LogP contribution in [0, 0.1) is 17.1 Å². The summed E-state index contributed by atoms with van der Waals surface area (Å²) in [5, 5.41) is 8.36. The molecule has 3 heteroatoms. The third kappa shape index (κ3) is 2.89. The topological polar surface area (TPSA) is 27.1 Å². The largest absolute Gasteiger partial charge is 0.330 e. The van der Waals surface area contributed by atoms with Crippen molar-refractivity contribution in [3.63, 3.8) is 0 Å². The normalized spacial score (nSPS) is 16.6. The van der Waals surface area contributed by atoms with Gasteiger partial charge in [-0.2, -0.15) is 0 Å². The zero-order valence-corrected chi connectivity index (χ0v) is 11.0. The molecule has 0 heterocycles.